The molecule has 0 saturated heterocycles. The minimum atomic E-state index is -0.570. The van der Waals surface area contributed by atoms with Gasteiger partial charge in [-0.3, -0.25) is 0 Å². The zero-order valence-corrected chi connectivity index (χ0v) is 15.8. The second kappa shape index (κ2) is 9.65. The van der Waals surface area contributed by atoms with Crippen molar-refractivity contribution in [2.45, 2.75) is 39.8 Å². The number of fused-ring (bicyclic) bond motifs is 1. The zero-order chi connectivity index (χ0) is 17.7. The molecule has 2 aromatic rings. The van der Waals surface area contributed by atoms with Gasteiger partial charge in [-0.25, -0.2) is 4.79 Å². The Kier molecular flexibility index (Phi) is 8.22. The predicted octanol–water partition coefficient (Wildman–Crippen LogP) is -1.37. The summed E-state index contributed by atoms with van der Waals surface area (Å²) in [5, 5.41) is 12.8. The van der Waals surface area contributed by atoms with Crippen LogP contribution in [0.2, 0.25) is 0 Å². The number of quaternary nitrogens is 1. The number of aryl methyl sites for hydroxylation is 1. The Hall–Kier alpha value is -1.76. The normalized spacial score (nSPS) is 12.1. The number of benzene rings is 1. The molecule has 1 heterocycles. The van der Waals surface area contributed by atoms with Crippen LogP contribution in [0.15, 0.2) is 22.6 Å². The lowest BCUT2D eigenvalue weighted by Crippen LogP contribution is -3.00. The molecule has 6 nitrogen and oxygen atoms in total. The molecule has 25 heavy (non-hydrogen) atoms. The summed E-state index contributed by atoms with van der Waals surface area (Å²) in [6.07, 6.45) is -0.570. The lowest BCUT2D eigenvalue weighted by Gasteiger charge is -2.13. The van der Waals surface area contributed by atoms with Gasteiger partial charge in [0.2, 0.25) is 5.76 Å². The van der Waals surface area contributed by atoms with Gasteiger partial charge in [0.05, 0.1) is 18.0 Å². The van der Waals surface area contributed by atoms with Crippen molar-refractivity contribution in [2.24, 2.45) is 0 Å². The molecule has 7 heteroatoms. The van der Waals surface area contributed by atoms with Gasteiger partial charge in [0, 0.05) is 5.56 Å². The first-order valence-corrected chi connectivity index (χ1v) is 8.27. The second-order valence-electron chi connectivity index (χ2n) is 6.09. The number of esters is 1. The summed E-state index contributed by atoms with van der Waals surface area (Å²) in [4.78, 5) is 12.0. The molecule has 1 unspecified atom stereocenters. The maximum Gasteiger partial charge on any atom is 0.374 e. The van der Waals surface area contributed by atoms with Crippen LogP contribution in [0.4, 0.5) is 0 Å². The van der Waals surface area contributed by atoms with Crippen molar-refractivity contribution < 1.29 is 41.5 Å². The number of rotatable bonds is 8. The fourth-order valence-electron chi connectivity index (χ4n) is 2.46. The van der Waals surface area contributed by atoms with E-state index in [1.807, 2.05) is 0 Å². The minimum Gasteiger partial charge on any atom is -1.00 e. The van der Waals surface area contributed by atoms with Crippen LogP contribution in [0.5, 0.6) is 5.75 Å². The number of carbonyl (C=O) groups excluding carboxylic acids is 1. The Bertz CT molecular complexity index is 698. The van der Waals surface area contributed by atoms with Crippen LogP contribution < -0.4 is 22.5 Å². The highest BCUT2D eigenvalue weighted by Crippen LogP contribution is 2.33. The molecule has 2 rings (SSSR count). The van der Waals surface area contributed by atoms with E-state index in [1.54, 1.807) is 32.0 Å². The molecule has 3 N–H and O–H groups in total. The first kappa shape index (κ1) is 21.3. The quantitative estimate of drug-likeness (QED) is 0.559. The van der Waals surface area contributed by atoms with Gasteiger partial charge in [-0.15, -0.1) is 0 Å². The summed E-state index contributed by atoms with van der Waals surface area (Å²) in [5.41, 5.74) is 1.25. The van der Waals surface area contributed by atoms with Gasteiger partial charge < -0.3 is 36.7 Å². The molecule has 0 spiro atoms. The minimum absolute atomic E-state index is 0. The smallest absolute Gasteiger partial charge is 0.374 e. The van der Waals surface area contributed by atoms with Crippen molar-refractivity contribution in [3.8, 4) is 5.75 Å². The number of aliphatic hydroxyl groups is 1. The number of ether oxygens (including phenoxy) is 2. The Labute approximate surface area is 153 Å². The summed E-state index contributed by atoms with van der Waals surface area (Å²) in [7, 11) is 0. The van der Waals surface area contributed by atoms with E-state index in [-0.39, 0.29) is 31.4 Å². The van der Waals surface area contributed by atoms with Gasteiger partial charge in [0.1, 0.15) is 30.6 Å². The highest BCUT2D eigenvalue weighted by atomic mass is 35.5. The number of furan rings is 1. The van der Waals surface area contributed by atoms with Crippen LogP contribution in [-0.2, 0) is 4.74 Å². The lowest BCUT2D eigenvalue weighted by molar-refractivity contribution is -0.688. The van der Waals surface area contributed by atoms with E-state index in [9.17, 15) is 9.90 Å². The second-order valence-corrected chi connectivity index (χ2v) is 6.09. The largest absolute Gasteiger partial charge is 1.00 e. The average molecular weight is 372 g/mol. The summed E-state index contributed by atoms with van der Waals surface area (Å²) in [6, 6.07) is 5.80. The fraction of sp³-hybridized carbons (Fsp3) is 0.500. The SMILES string of the molecule is CCOC(=O)c1oc2cccc(OCC(O)C[NH2+]C(C)C)c2c1C.[Cl-]. The summed E-state index contributed by atoms with van der Waals surface area (Å²) >= 11 is 0. The van der Waals surface area contributed by atoms with Crippen LogP contribution in [0.25, 0.3) is 11.0 Å². The van der Waals surface area contributed by atoms with Crippen molar-refractivity contribution >= 4 is 16.9 Å². The number of halogens is 1. The average Bonchev–Trinajstić information content (AvgIpc) is 2.89. The number of nitrogens with two attached hydrogens (primary N) is 1. The number of hydrogen-bond donors (Lipinski definition) is 2. The Morgan fingerprint density at radius 1 is 1.36 bits per heavy atom. The third kappa shape index (κ3) is 5.36. The van der Waals surface area contributed by atoms with Crippen molar-refractivity contribution in [3.05, 3.63) is 29.5 Å². The number of hydrogen-bond acceptors (Lipinski definition) is 5. The van der Waals surface area contributed by atoms with E-state index < -0.39 is 12.1 Å². The number of carbonyl (C=O) groups is 1. The van der Waals surface area contributed by atoms with E-state index in [1.165, 1.54) is 0 Å². The standard InChI is InChI=1S/C18H25NO5.ClH/c1-5-22-18(21)17-12(4)16-14(7-6-8-15(16)24-17)23-10-13(20)9-19-11(2)3;/h6-8,11,13,19-20H,5,9-10H2,1-4H3;1H. The van der Waals surface area contributed by atoms with Crippen LogP contribution >= 0.6 is 0 Å². The van der Waals surface area contributed by atoms with Crippen molar-refractivity contribution in [1.29, 1.82) is 0 Å². The molecule has 0 aliphatic heterocycles. The van der Waals surface area contributed by atoms with Gasteiger partial charge in [-0.05, 0) is 39.8 Å². The molecule has 1 aromatic carbocycles. The lowest BCUT2D eigenvalue weighted by atomic mass is 10.1. The Morgan fingerprint density at radius 2 is 2.08 bits per heavy atom. The molecule has 140 valence electrons. The molecule has 0 saturated carbocycles. The molecule has 0 radical (unpaired) electrons. The molecule has 0 aliphatic carbocycles. The Morgan fingerprint density at radius 3 is 2.72 bits per heavy atom. The van der Waals surface area contributed by atoms with E-state index in [2.05, 4.69) is 19.2 Å². The fourth-order valence-corrected chi connectivity index (χ4v) is 2.46. The number of aliphatic hydroxyl groups excluding tert-OH is 1. The maximum atomic E-state index is 12.0. The molecule has 0 bridgehead atoms. The van der Waals surface area contributed by atoms with Crippen molar-refractivity contribution in [2.75, 3.05) is 19.8 Å². The van der Waals surface area contributed by atoms with Gasteiger partial charge in [0.15, 0.2) is 0 Å². The van der Waals surface area contributed by atoms with Gasteiger partial charge in [0.25, 0.3) is 0 Å². The molecule has 0 amide bonds. The van der Waals surface area contributed by atoms with Crippen LogP contribution in [0.1, 0.15) is 36.9 Å². The summed E-state index contributed by atoms with van der Waals surface area (Å²) < 4.78 is 16.4. The molecule has 0 fully saturated rings. The topological polar surface area (TPSA) is 85.5 Å². The third-order valence-corrected chi connectivity index (χ3v) is 3.69. The molecular weight excluding hydrogens is 346 g/mol. The highest BCUT2D eigenvalue weighted by molar-refractivity contribution is 5.98. The molecule has 1 atom stereocenters. The van der Waals surface area contributed by atoms with Crippen molar-refractivity contribution in [1.82, 2.24) is 0 Å². The third-order valence-electron chi connectivity index (χ3n) is 3.69. The Balaban J connectivity index is 0.00000312. The molecule has 1 aromatic heterocycles. The zero-order valence-electron chi connectivity index (χ0n) is 15.0. The maximum absolute atomic E-state index is 12.0. The van der Waals surface area contributed by atoms with Crippen LogP contribution in [0, 0.1) is 6.92 Å². The van der Waals surface area contributed by atoms with E-state index >= 15 is 0 Å². The molecule has 0 aliphatic rings. The van der Waals surface area contributed by atoms with Crippen molar-refractivity contribution in [3.63, 3.8) is 0 Å². The monoisotopic (exact) mass is 371 g/mol. The van der Waals surface area contributed by atoms with Crippen LogP contribution in [0.3, 0.4) is 0 Å². The van der Waals surface area contributed by atoms with Crippen LogP contribution in [-0.4, -0.2) is 43.0 Å². The van der Waals surface area contributed by atoms with Gasteiger partial charge >= 0.3 is 5.97 Å². The first-order valence-electron chi connectivity index (χ1n) is 8.27. The van der Waals surface area contributed by atoms with E-state index in [4.69, 9.17) is 13.9 Å². The molecular formula is C18H26ClNO5. The summed E-state index contributed by atoms with van der Waals surface area (Å²) in [6.45, 7) is 8.74. The predicted molar refractivity (Wildman–Crippen MR) is 90.3 cm³/mol. The highest BCUT2D eigenvalue weighted by Gasteiger charge is 2.21. The van der Waals surface area contributed by atoms with E-state index in [0.717, 1.165) is 5.39 Å². The summed E-state index contributed by atoms with van der Waals surface area (Å²) in [5.74, 6) is 0.299. The first-order chi connectivity index (χ1) is 11.4. The van der Waals surface area contributed by atoms with Gasteiger partial charge in [-0.2, -0.15) is 0 Å². The van der Waals surface area contributed by atoms with Gasteiger partial charge in [-0.1, -0.05) is 6.07 Å². The van der Waals surface area contributed by atoms with E-state index in [0.29, 0.717) is 29.5 Å².